The molecule has 2 amide bonds. The van der Waals surface area contributed by atoms with Gasteiger partial charge < -0.3 is 15.4 Å². The fraction of sp³-hybridized carbons (Fsp3) is 0.105. The molecule has 3 aromatic rings. The van der Waals surface area contributed by atoms with Gasteiger partial charge in [-0.2, -0.15) is 5.10 Å². The van der Waals surface area contributed by atoms with E-state index in [1.807, 2.05) is 24.3 Å². The van der Waals surface area contributed by atoms with Crippen molar-refractivity contribution in [1.82, 2.24) is 9.78 Å². The molecule has 0 aliphatic rings. The Labute approximate surface area is 164 Å². The molecule has 0 unspecified atom stereocenters. The monoisotopic (exact) mass is 428 g/mol. The molecule has 1 aromatic heterocycles. The van der Waals surface area contributed by atoms with Crippen LogP contribution in [0.1, 0.15) is 17.4 Å². The molecule has 0 aliphatic heterocycles. The Morgan fingerprint density at radius 1 is 1.00 bits per heavy atom. The van der Waals surface area contributed by atoms with Gasteiger partial charge in [0.25, 0.3) is 5.91 Å². The minimum Gasteiger partial charge on any atom is -0.471 e. The van der Waals surface area contributed by atoms with Crippen molar-refractivity contribution in [2.24, 2.45) is 0 Å². The first kappa shape index (κ1) is 18.7. The van der Waals surface area contributed by atoms with Crippen molar-refractivity contribution >= 4 is 39.1 Å². The summed E-state index contributed by atoms with van der Waals surface area (Å²) in [5.41, 5.74) is 1.55. The predicted octanol–water partition coefficient (Wildman–Crippen LogP) is 3.89. The van der Waals surface area contributed by atoms with Crippen molar-refractivity contribution in [3.8, 4) is 5.75 Å². The van der Waals surface area contributed by atoms with E-state index in [0.29, 0.717) is 17.1 Å². The van der Waals surface area contributed by atoms with E-state index in [-0.39, 0.29) is 24.2 Å². The van der Waals surface area contributed by atoms with Crippen LogP contribution in [-0.4, -0.2) is 21.6 Å². The van der Waals surface area contributed by atoms with Crippen molar-refractivity contribution < 1.29 is 14.3 Å². The normalized spacial score (nSPS) is 10.3. The van der Waals surface area contributed by atoms with Crippen LogP contribution in [0.15, 0.2) is 65.3 Å². The molecule has 27 heavy (non-hydrogen) atoms. The summed E-state index contributed by atoms with van der Waals surface area (Å²) in [5, 5.41) is 9.63. The Bertz CT molecular complexity index is 936. The molecular formula is C19H17BrN4O3. The summed E-state index contributed by atoms with van der Waals surface area (Å²) in [5.74, 6) is 0.228. The number of anilines is 2. The summed E-state index contributed by atoms with van der Waals surface area (Å²) in [6.45, 7) is 1.63. The predicted molar refractivity (Wildman–Crippen MR) is 106 cm³/mol. The molecule has 0 atom stereocenters. The van der Waals surface area contributed by atoms with Crippen LogP contribution in [0.3, 0.4) is 0 Å². The standard InChI is InChI=1S/C19H17BrN4O3/c1-13(25)21-15-4-6-16(7-5-15)22-19(26)18-10-11-24(23-18)12-27-17-8-2-14(20)3-9-17/h2-11H,12H2,1H3,(H,21,25)(H,22,26). The number of benzene rings is 2. The molecule has 0 fully saturated rings. The minimum absolute atomic E-state index is 0.150. The van der Waals surface area contributed by atoms with Crippen LogP contribution in [0.2, 0.25) is 0 Å². The zero-order valence-corrected chi connectivity index (χ0v) is 16.1. The van der Waals surface area contributed by atoms with Gasteiger partial charge in [-0.3, -0.25) is 9.59 Å². The van der Waals surface area contributed by atoms with Gasteiger partial charge in [0.1, 0.15) is 5.75 Å². The maximum absolute atomic E-state index is 12.3. The zero-order valence-electron chi connectivity index (χ0n) is 14.5. The van der Waals surface area contributed by atoms with Crippen molar-refractivity contribution in [3.63, 3.8) is 0 Å². The van der Waals surface area contributed by atoms with Crippen LogP contribution < -0.4 is 15.4 Å². The van der Waals surface area contributed by atoms with Crippen LogP contribution in [0.4, 0.5) is 11.4 Å². The number of aromatic nitrogens is 2. The van der Waals surface area contributed by atoms with Gasteiger partial charge in [0.05, 0.1) is 0 Å². The minimum atomic E-state index is -0.329. The highest BCUT2D eigenvalue weighted by Gasteiger charge is 2.10. The lowest BCUT2D eigenvalue weighted by Gasteiger charge is -2.07. The SMILES string of the molecule is CC(=O)Nc1ccc(NC(=O)c2ccn(COc3ccc(Br)cc3)n2)cc1. The van der Waals surface area contributed by atoms with Crippen LogP contribution >= 0.6 is 15.9 Å². The molecule has 7 nitrogen and oxygen atoms in total. The Morgan fingerprint density at radius 2 is 1.63 bits per heavy atom. The van der Waals surface area contributed by atoms with E-state index >= 15 is 0 Å². The average molecular weight is 429 g/mol. The van der Waals surface area contributed by atoms with Crippen molar-refractivity contribution in [2.75, 3.05) is 10.6 Å². The number of carbonyl (C=O) groups is 2. The lowest BCUT2D eigenvalue weighted by molar-refractivity contribution is -0.114. The molecule has 0 aliphatic carbocycles. The summed E-state index contributed by atoms with van der Waals surface area (Å²) in [4.78, 5) is 23.3. The fourth-order valence-electron chi connectivity index (χ4n) is 2.26. The smallest absolute Gasteiger partial charge is 0.276 e. The van der Waals surface area contributed by atoms with Crippen LogP contribution in [0, 0.1) is 0 Å². The first-order valence-corrected chi connectivity index (χ1v) is 8.90. The van der Waals surface area contributed by atoms with Crippen molar-refractivity contribution in [2.45, 2.75) is 13.7 Å². The first-order valence-electron chi connectivity index (χ1n) is 8.10. The van der Waals surface area contributed by atoms with Gasteiger partial charge >= 0.3 is 0 Å². The topological polar surface area (TPSA) is 85.2 Å². The van der Waals surface area contributed by atoms with Gasteiger partial charge in [0.15, 0.2) is 12.4 Å². The number of ether oxygens (including phenoxy) is 1. The summed E-state index contributed by atoms with van der Waals surface area (Å²) in [6.07, 6.45) is 1.67. The van der Waals surface area contributed by atoms with Gasteiger partial charge in [-0.05, 0) is 54.6 Å². The van der Waals surface area contributed by atoms with E-state index in [4.69, 9.17) is 4.74 Å². The maximum atomic E-state index is 12.3. The maximum Gasteiger partial charge on any atom is 0.276 e. The van der Waals surface area contributed by atoms with Crippen molar-refractivity contribution in [1.29, 1.82) is 0 Å². The van der Waals surface area contributed by atoms with E-state index in [9.17, 15) is 9.59 Å². The Morgan fingerprint density at radius 3 is 2.26 bits per heavy atom. The summed E-state index contributed by atoms with van der Waals surface area (Å²) < 4.78 is 8.13. The molecule has 0 spiro atoms. The Hall–Kier alpha value is -3.13. The van der Waals surface area contributed by atoms with E-state index in [1.54, 1.807) is 36.5 Å². The largest absolute Gasteiger partial charge is 0.471 e. The summed E-state index contributed by atoms with van der Waals surface area (Å²) in [7, 11) is 0. The third kappa shape index (κ3) is 5.42. The number of carbonyl (C=O) groups excluding carboxylic acids is 2. The fourth-order valence-corrected chi connectivity index (χ4v) is 2.53. The van der Waals surface area contributed by atoms with E-state index < -0.39 is 0 Å². The van der Waals surface area contributed by atoms with E-state index in [2.05, 4.69) is 31.7 Å². The second kappa shape index (κ2) is 8.50. The van der Waals surface area contributed by atoms with Gasteiger partial charge in [-0.1, -0.05) is 15.9 Å². The molecule has 138 valence electrons. The number of nitrogens with one attached hydrogen (secondary N) is 2. The van der Waals surface area contributed by atoms with E-state index in [1.165, 1.54) is 11.6 Å². The molecule has 0 saturated carbocycles. The average Bonchev–Trinajstić information content (AvgIpc) is 3.12. The van der Waals surface area contributed by atoms with Crippen LogP contribution in [0.5, 0.6) is 5.75 Å². The third-order valence-corrected chi connectivity index (χ3v) is 4.04. The van der Waals surface area contributed by atoms with Gasteiger partial charge in [-0.15, -0.1) is 0 Å². The lowest BCUT2D eigenvalue weighted by Crippen LogP contribution is -2.14. The summed E-state index contributed by atoms with van der Waals surface area (Å²) >= 11 is 3.37. The Balaban J connectivity index is 1.56. The number of hydrogen-bond acceptors (Lipinski definition) is 4. The number of rotatable bonds is 6. The molecule has 0 bridgehead atoms. The molecule has 3 rings (SSSR count). The van der Waals surface area contributed by atoms with Crippen LogP contribution in [0.25, 0.3) is 0 Å². The van der Waals surface area contributed by atoms with Crippen LogP contribution in [-0.2, 0) is 11.5 Å². The number of amides is 2. The van der Waals surface area contributed by atoms with E-state index in [0.717, 1.165) is 4.47 Å². The van der Waals surface area contributed by atoms with Gasteiger partial charge in [0, 0.05) is 29.0 Å². The zero-order chi connectivity index (χ0) is 19.2. The number of nitrogens with zero attached hydrogens (tertiary/aromatic N) is 2. The summed E-state index contributed by atoms with van der Waals surface area (Å²) in [6, 6.07) is 15.9. The second-order valence-electron chi connectivity index (χ2n) is 5.68. The molecule has 1 heterocycles. The number of halogens is 1. The quantitative estimate of drug-likeness (QED) is 0.623. The molecular weight excluding hydrogens is 412 g/mol. The second-order valence-corrected chi connectivity index (χ2v) is 6.60. The van der Waals surface area contributed by atoms with Gasteiger partial charge in [-0.25, -0.2) is 4.68 Å². The highest BCUT2D eigenvalue weighted by atomic mass is 79.9. The molecule has 0 radical (unpaired) electrons. The first-order chi connectivity index (χ1) is 13.0. The number of hydrogen-bond donors (Lipinski definition) is 2. The molecule has 2 aromatic carbocycles. The molecule has 0 saturated heterocycles. The highest BCUT2D eigenvalue weighted by molar-refractivity contribution is 9.10. The lowest BCUT2D eigenvalue weighted by atomic mass is 10.2. The molecule has 8 heteroatoms. The van der Waals surface area contributed by atoms with Gasteiger partial charge in [0.2, 0.25) is 5.91 Å². The third-order valence-electron chi connectivity index (χ3n) is 3.51. The van der Waals surface area contributed by atoms with Crippen molar-refractivity contribution in [3.05, 3.63) is 71.0 Å². The highest BCUT2D eigenvalue weighted by Crippen LogP contribution is 2.17. The Kier molecular flexibility index (Phi) is 5.87. The molecule has 2 N–H and O–H groups in total.